The van der Waals surface area contributed by atoms with Crippen LogP contribution >= 0.6 is 15.9 Å². The topological polar surface area (TPSA) is 80.5 Å². The van der Waals surface area contributed by atoms with Gasteiger partial charge in [-0.3, -0.25) is 0 Å². The largest absolute Gasteiger partial charge is 0.444 e. The molecule has 3 N–H and O–H groups in total. The van der Waals surface area contributed by atoms with Crippen molar-refractivity contribution in [3.63, 3.8) is 0 Å². The van der Waals surface area contributed by atoms with Crippen molar-refractivity contribution in [2.75, 3.05) is 30.7 Å². The Morgan fingerprint density at radius 3 is 2.89 bits per heavy atom. The molecule has 1 atom stereocenters. The summed E-state index contributed by atoms with van der Waals surface area (Å²) in [5, 5.41) is 3.33. The molecule has 6 nitrogen and oxygen atoms in total. The Kier molecular flexibility index (Phi) is 8.20. The number of nitrogens with zero attached hydrogens (tertiary/aromatic N) is 2. The van der Waals surface area contributed by atoms with Crippen LogP contribution in [0.5, 0.6) is 0 Å². The van der Waals surface area contributed by atoms with Crippen LogP contribution in [0.2, 0.25) is 0 Å². The average Bonchev–Trinajstić information content (AvgIpc) is 2.59. The first-order chi connectivity index (χ1) is 12.7. The normalized spacial score (nSPS) is 17.6. The number of hydrogen-bond donors (Lipinski definition) is 2. The number of halogens is 1. The first-order valence-corrected chi connectivity index (χ1v) is 10.7. The molecule has 1 fully saturated rings. The summed E-state index contributed by atoms with van der Waals surface area (Å²) in [6, 6.07) is 3.68. The number of rotatable bonds is 7. The molecule has 2 rings (SSSR count). The van der Waals surface area contributed by atoms with Crippen LogP contribution in [0, 0.1) is 5.92 Å². The van der Waals surface area contributed by atoms with Gasteiger partial charge >= 0.3 is 6.09 Å². The number of unbranched alkanes of at least 4 members (excludes halogenated alkanes) is 2. The van der Waals surface area contributed by atoms with Gasteiger partial charge in [0.2, 0.25) is 0 Å². The van der Waals surface area contributed by atoms with Crippen molar-refractivity contribution >= 4 is 33.7 Å². The highest BCUT2D eigenvalue weighted by atomic mass is 79.9. The van der Waals surface area contributed by atoms with Crippen LogP contribution in [0.4, 0.5) is 16.4 Å². The zero-order valence-corrected chi connectivity index (χ0v) is 18.3. The molecule has 2 heterocycles. The molecule has 0 spiro atoms. The Morgan fingerprint density at radius 2 is 2.15 bits per heavy atom. The molecular formula is C20H33BrN4O2. The Balaban J connectivity index is 1.62. The lowest BCUT2D eigenvalue weighted by Gasteiger charge is -2.34. The molecule has 1 aromatic heterocycles. The summed E-state index contributed by atoms with van der Waals surface area (Å²) in [4.78, 5) is 18.4. The first-order valence-electron chi connectivity index (χ1n) is 9.88. The molecule has 1 aliphatic rings. The highest BCUT2D eigenvalue weighted by Gasteiger charge is 2.27. The number of nitrogen functional groups attached to an aromatic ring is 1. The maximum atomic E-state index is 12.2. The van der Waals surface area contributed by atoms with Gasteiger partial charge in [0.25, 0.3) is 0 Å². The number of amides is 1. The molecule has 27 heavy (non-hydrogen) atoms. The molecule has 0 bridgehead atoms. The summed E-state index contributed by atoms with van der Waals surface area (Å²) in [6.45, 7) is 8.27. The van der Waals surface area contributed by atoms with Gasteiger partial charge in [0.15, 0.2) is 0 Å². The van der Waals surface area contributed by atoms with Crippen molar-refractivity contribution in [2.45, 2.75) is 64.9 Å². The number of hydrogen-bond acceptors (Lipinski definition) is 5. The fourth-order valence-corrected chi connectivity index (χ4v) is 3.68. The number of nitrogens with two attached hydrogens (primary N) is 1. The Labute approximate surface area is 171 Å². The zero-order chi connectivity index (χ0) is 19.9. The molecule has 7 heteroatoms. The lowest BCUT2D eigenvalue weighted by atomic mass is 9.92. The average molecular weight is 441 g/mol. The van der Waals surface area contributed by atoms with Crippen LogP contribution in [-0.2, 0) is 4.74 Å². The Bertz CT molecular complexity index is 618. The van der Waals surface area contributed by atoms with Crippen LogP contribution in [0.3, 0.4) is 0 Å². The minimum Gasteiger partial charge on any atom is -0.444 e. The monoisotopic (exact) mass is 440 g/mol. The molecule has 0 radical (unpaired) electrons. The van der Waals surface area contributed by atoms with E-state index >= 15 is 0 Å². The Morgan fingerprint density at radius 1 is 1.37 bits per heavy atom. The van der Waals surface area contributed by atoms with Crippen molar-refractivity contribution in [1.82, 2.24) is 9.88 Å². The summed E-state index contributed by atoms with van der Waals surface area (Å²) in [6.07, 6.45) is 6.70. The predicted octanol–water partition coefficient (Wildman–Crippen LogP) is 5.05. The molecule has 1 saturated heterocycles. The third-order valence-corrected chi connectivity index (χ3v) is 5.26. The number of pyridine rings is 1. The number of ether oxygens (including phenoxy) is 1. The van der Waals surface area contributed by atoms with Gasteiger partial charge in [-0.1, -0.05) is 12.8 Å². The van der Waals surface area contributed by atoms with Gasteiger partial charge < -0.3 is 20.7 Å². The van der Waals surface area contributed by atoms with E-state index in [1.165, 1.54) is 19.3 Å². The van der Waals surface area contributed by atoms with E-state index in [0.29, 0.717) is 11.7 Å². The standard InChI is InChI=1S/C20H33BrN4O2/c1-20(2,3)27-19(26)25-13-7-9-15(14-25)8-5-4-6-12-23-18-16(21)10-11-17(22)24-18/h10-11,15H,4-9,12-14H2,1-3H3,(H3,22,23,24). The van der Waals surface area contributed by atoms with Crippen LogP contribution < -0.4 is 11.1 Å². The van der Waals surface area contributed by atoms with Gasteiger partial charge in [-0.15, -0.1) is 0 Å². The van der Waals surface area contributed by atoms with E-state index in [1.54, 1.807) is 6.07 Å². The van der Waals surface area contributed by atoms with Crippen molar-refractivity contribution in [3.8, 4) is 0 Å². The molecule has 1 amide bonds. The molecule has 0 saturated carbocycles. The lowest BCUT2D eigenvalue weighted by Crippen LogP contribution is -2.42. The van der Waals surface area contributed by atoms with Gasteiger partial charge in [-0.2, -0.15) is 0 Å². The fourth-order valence-electron chi connectivity index (χ4n) is 3.32. The van der Waals surface area contributed by atoms with Gasteiger partial charge in [0, 0.05) is 19.6 Å². The number of carbonyl (C=O) groups excluding carboxylic acids is 1. The number of carbonyl (C=O) groups is 1. The van der Waals surface area contributed by atoms with E-state index in [2.05, 4.69) is 26.2 Å². The number of likely N-dealkylation sites (tertiary alicyclic amines) is 1. The summed E-state index contributed by atoms with van der Waals surface area (Å²) in [7, 11) is 0. The molecule has 0 aliphatic carbocycles. The summed E-state index contributed by atoms with van der Waals surface area (Å²) in [5.74, 6) is 1.91. The quantitative estimate of drug-likeness (QED) is 0.579. The minimum atomic E-state index is -0.426. The third kappa shape index (κ3) is 7.95. The first kappa shape index (κ1) is 21.8. The molecule has 152 valence electrons. The number of anilines is 2. The highest BCUT2D eigenvalue weighted by Crippen LogP contribution is 2.24. The van der Waals surface area contributed by atoms with Gasteiger partial charge in [-0.25, -0.2) is 9.78 Å². The van der Waals surface area contributed by atoms with E-state index in [-0.39, 0.29) is 6.09 Å². The summed E-state index contributed by atoms with van der Waals surface area (Å²) < 4.78 is 6.43. The van der Waals surface area contributed by atoms with Crippen LogP contribution in [0.1, 0.15) is 59.3 Å². The number of aromatic nitrogens is 1. The summed E-state index contributed by atoms with van der Waals surface area (Å²) in [5.41, 5.74) is 5.29. The van der Waals surface area contributed by atoms with E-state index < -0.39 is 5.60 Å². The van der Waals surface area contributed by atoms with Gasteiger partial charge in [0.1, 0.15) is 17.2 Å². The molecule has 1 aliphatic heterocycles. The van der Waals surface area contributed by atoms with E-state index in [9.17, 15) is 4.79 Å². The second kappa shape index (κ2) is 10.2. The smallest absolute Gasteiger partial charge is 0.410 e. The molecular weight excluding hydrogens is 408 g/mol. The molecule has 0 aromatic carbocycles. The second-order valence-electron chi connectivity index (χ2n) is 8.28. The van der Waals surface area contributed by atoms with Crippen molar-refractivity contribution < 1.29 is 9.53 Å². The highest BCUT2D eigenvalue weighted by molar-refractivity contribution is 9.10. The lowest BCUT2D eigenvalue weighted by molar-refractivity contribution is 0.0160. The van der Waals surface area contributed by atoms with Crippen LogP contribution in [0.15, 0.2) is 16.6 Å². The third-order valence-electron chi connectivity index (χ3n) is 4.62. The molecule has 1 aromatic rings. The summed E-state index contributed by atoms with van der Waals surface area (Å²) >= 11 is 3.48. The van der Waals surface area contributed by atoms with Crippen molar-refractivity contribution in [2.24, 2.45) is 5.92 Å². The maximum absolute atomic E-state index is 12.2. The van der Waals surface area contributed by atoms with E-state index in [0.717, 1.165) is 49.2 Å². The number of piperidine rings is 1. The van der Waals surface area contributed by atoms with Crippen LogP contribution in [0.25, 0.3) is 0 Å². The predicted molar refractivity (Wildman–Crippen MR) is 114 cm³/mol. The zero-order valence-electron chi connectivity index (χ0n) is 16.8. The second-order valence-corrected chi connectivity index (χ2v) is 9.13. The van der Waals surface area contributed by atoms with Crippen molar-refractivity contribution in [1.29, 1.82) is 0 Å². The van der Waals surface area contributed by atoms with E-state index in [4.69, 9.17) is 10.5 Å². The van der Waals surface area contributed by atoms with E-state index in [1.807, 2.05) is 31.7 Å². The van der Waals surface area contributed by atoms with Gasteiger partial charge in [-0.05, 0) is 80.4 Å². The van der Waals surface area contributed by atoms with Crippen LogP contribution in [-0.4, -0.2) is 41.2 Å². The fraction of sp³-hybridized carbons (Fsp3) is 0.700. The minimum absolute atomic E-state index is 0.170. The SMILES string of the molecule is CC(C)(C)OC(=O)N1CCCC(CCCCCNc2nc(N)ccc2Br)C1. The maximum Gasteiger partial charge on any atom is 0.410 e. The van der Waals surface area contributed by atoms with Gasteiger partial charge in [0.05, 0.1) is 4.47 Å². The number of nitrogens with one attached hydrogen (secondary N) is 1. The Hall–Kier alpha value is -1.50. The molecule has 1 unspecified atom stereocenters. The van der Waals surface area contributed by atoms with Crippen molar-refractivity contribution in [3.05, 3.63) is 16.6 Å².